The van der Waals surface area contributed by atoms with E-state index >= 15 is 0 Å². The molecule has 2 fully saturated rings. The first-order valence-electron chi connectivity index (χ1n) is 7.95. The van der Waals surface area contributed by atoms with Gasteiger partial charge in [-0.15, -0.1) is 0 Å². The van der Waals surface area contributed by atoms with Gasteiger partial charge in [0.1, 0.15) is 24.4 Å². The highest BCUT2D eigenvalue weighted by molar-refractivity contribution is 4.97. The second-order valence-electron chi connectivity index (χ2n) is 7.80. The first-order valence-corrected chi connectivity index (χ1v) is 7.95. The number of ether oxygens (including phenoxy) is 2. The zero-order valence-corrected chi connectivity index (χ0v) is 14.1. The fourth-order valence-corrected chi connectivity index (χ4v) is 3.64. The molecule has 5 atom stereocenters. The summed E-state index contributed by atoms with van der Waals surface area (Å²) < 4.78 is 11.2. The summed E-state index contributed by atoms with van der Waals surface area (Å²) in [6.45, 7) is 7.06. The summed E-state index contributed by atoms with van der Waals surface area (Å²) >= 11 is 0. The van der Waals surface area contributed by atoms with E-state index in [4.69, 9.17) is 9.47 Å². The van der Waals surface area contributed by atoms with Gasteiger partial charge in [0.25, 0.3) is 0 Å². The number of piperidine rings is 1. The van der Waals surface area contributed by atoms with Crippen LogP contribution in [0.5, 0.6) is 0 Å². The molecule has 0 radical (unpaired) electrons. The van der Waals surface area contributed by atoms with Crippen molar-refractivity contribution >= 4 is 0 Å². The van der Waals surface area contributed by atoms with E-state index in [9.17, 15) is 25.6 Å². The summed E-state index contributed by atoms with van der Waals surface area (Å²) in [5, 5.41) is 50.5. The summed E-state index contributed by atoms with van der Waals surface area (Å²) in [7, 11) is 0. The summed E-state index contributed by atoms with van der Waals surface area (Å²) in [6, 6.07) is 0. The average Bonchev–Trinajstić information content (AvgIpc) is 2.44. The quantitative estimate of drug-likeness (QED) is 0.455. The SMILES string of the molecule is CC1(C)CC(OC2O[C@H](CO)[C@@H](O)[C@H](O)[C@H]2O)CC(C)(C)N1O. The van der Waals surface area contributed by atoms with Gasteiger partial charge in [-0.05, 0) is 40.5 Å². The van der Waals surface area contributed by atoms with Crippen LogP contribution >= 0.6 is 0 Å². The number of nitrogens with zero attached hydrogens (tertiary/aromatic N) is 1. The molecule has 0 saturated carbocycles. The van der Waals surface area contributed by atoms with Gasteiger partial charge in [-0.3, -0.25) is 0 Å². The first kappa shape index (κ1) is 19.0. The third kappa shape index (κ3) is 3.69. The lowest BCUT2D eigenvalue weighted by atomic mass is 9.80. The third-order valence-corrected chi connectivity index (χ3v) is 4.78. The van der Waals surface area contributed by atoms with Crippen molar-refractivity contribution in [1.82, 2.24) is 5.06 Å². The monoisotopic (exact) mass is 335 g/mol. The minimum absolute atomic E-state index is 0.315. The third-order valence-electron chi connectivity index (χ3n) is 4.78. The van der Waals surface area contributed by atoms with E-state index in [1.807, 2.05) is 27.7 Å². The van der Waals surface area contributed by atoms with Crippen LogP contribution in [0.25, 0.3) is 0 Å². The summed E-state index contributed by atoms with van der Waals surface area (Å²) in [5.41, 5.74) is -1.05. The van der Waals surface area contributed by atoms with Crippen LogP contribution in [0, 0.1) is 0 Å². The Balaban J connectivity index is 2.09. The zero-order valence-electron chi connectivity index (χ0n) is 14.1. The highest BCUT2D eigenvalue weighted by atomic mass is 16.7. The predicted molar refractivity (Wildman–Crippen MR) is 79.7 cm³/mol. The zero-order chi connectivity index (χ0) is 17.6. The van der Waals surface area contributed by atoms with E-state index in [0.29, 0.717) is 12.8 Å². The lowest BCUT2D eigenvalue weighted by molar-refractivity contribution is -0.329. The molecule has 136 valence electrons. The Morgan fingerprint density at radius 3 is 2.00 bits per heavy atom. The average molecular weight is 335 g/mol. The van der Waals surface area contributed by atoms with E-state index < -0.39 is 48.4 Å². The molecule has 0 aliphatic carbocycles. The van der Waals surface area contributed by atoms with Gasteiger partial charge in [0.05, 0.1) is 12.7 Å². The number of aliphatic hydroxyl groups is 4. The van der Waals surface area contributed by atoms with Gasteiger partial charge in [-0.1, -0.05) is 0 Å². The van der Waals surface area contributed by atoms with Gasteiger partial charge >= 0.3 is 0 Å². The molecule has 0 aromatic carbocycles. The molecule has 0 aromatic heterocycles. The molecular formula is C15H29NO7. The first-order chi connectivity index (χ1) is 10.5. The van der Waals surface area contributed by atoms with Crippen molar-refractivity contribution in [2.24, 2.45) is 0 Å². The van der Waals surface area contributed by atoms with Crippen molar-refractivity contribution in [2.45, 2.75) is 88.4 Å². The Kier molecular flexibility index (Phi) is 5.40. The number of rotatable bonds is 3. The lowest BCUT2D eigenvalue weighted by Gasteiger charge is -2.52. The van der Waals surface area contributed by atoms with Crippen molar-refractivity contribution in [3.8, 4) is 0 Å². The Labute approximate surface area is 136 Å². The standard InChI is InChI=1S/C15H29NO7/c1-14(2)5-8(6-15(3,4)16(14)21)22-13-12(20)11(19)10(18)9(7-17)23-13/h8-13,17-21H,5-7H2,1-4H3/t9-,10-,11+,12-,13?/m1/s1. The van der Waals surface area contributed by atoms with Gasteiger partial charge in [0, 0.05) is 11.1 Å². The molecule has 2 saturated heterocycles. The van der Waals surface area contributed by atoms with Crippen LogP contribution in [-0.4, -0.2) is 85.2 Å². The van der Waals surface area contributed by atoms with Crippen LogP contribution in [0.1, 0.15) is 40.5 Å². The fraction of sp³-hybridized carbons (Fsp3) is 1.00. The number of aliphatic hydroxyl groups excluding tert-OH is 4. The maximum Gasteiger partial charge on any atom is 0.186 e. The van der Waals surface area contributed by atoms with Gasteiger partial charge in [0.15, 0.2) is 6.29 Å². The van der Waals surface area contributed by atoms with Crippen molar-refractivity contribution in [2.75, 3.05) is 6.61 Å². The van der Waals surface area contributed by atoms with Crippen LogP contribution in [0.2, 0.25) is 0 Å². The molecule has 0 aromatic rings. The highest BCUT2D eigenvalue weighted by Crippen LogP contribution is 2.39. The largest absolute Gasteiger partial charge is 0.394 e. The number of hydroxylamine groups is 2. The Morgan fingerprint density at radius 1 is 1.00 bits per heavy atom. The van der Waals surface area contributed by atoms with E-state index in [2.05, 4.69) is 0 Å². The molecular weight excluding hydrogens is 306 g/mol. The van der Waals surface area contributed by atoms with Crippen molar-refractivity contribution in [3.63, 3.8) is 0 Å². The molecule has 8 nitrogen and oxygen atoms in total. The van der Waals surface area contributed by atoms with Gasteiger partial charge in [-0.25, -0.2) is 0 Å². The normalized spacial score (nSPS) is 41.9. The molecule has 1 unspecified atom stereocenters. The van der Waals surface area contributed by atoms with Crippen molar-refractivity contribution < 1.29 is 35.1 Å². The fourth-order valence-electron chi connectivity index (χ4n) is 3.64. The molecule has 2 aliphatic heterocycles. The summed E-state index contributed by atoms with van der Waals surface area (Å²) in [5.74, 6) is 0. The maximum absolute atomic E-state index is 10.3. The molecule has 0 bridgehead atoms. The summed E-state index contributed by atoms with van der Waals surface area (Å²) in [4.78, 5) is 0. The van der Waals surface area contributed by atoms with E-state index in [-0.39, 0.29) is 6.10 Å². The number of hydrogen-bond acceptors (Lipinski definition) is 8. The van der Waals surface area contributed by atoms with Crippen LogP contribution in [0.3, 0.4) is 0 Å². The maximum atomic E-state index is 10.3. The van der Waals surface area contributed by atoms with Crippen LogP contribution < -0.4 is 0 Å². The minimum atomic E-state index is -1.45. The van der Waals surface area contributed by atoms with Crippen molar-refractivity contribution in [3.05, 3.63) is 0 Å². The molecule has 5 N–H and O–H groups in total. The number of hydrogen-bond donors (Lipinski definition) is 5. The van der Waals surface area contributed by atoms with Gasteiger partial charge in [-0.2, -0.15) is 5.06 Å². The second-order valence-corrected chi connectivity index (χ2v) is 7.80. The summed E-state index contributed by atoms with van der Waals surface area (Å²) in [6.07, 6.45) is -5.71. The minimum Gasteiger partial charge on any atom is -0.394 e. The van der Waals surface area contributed by atoms with Crippen LogP contribution in [0.15, 0.2) is 0 Å². The highest BCUT2D eigenvalue weighted by Gasteiger charge is 2.49. The lowest BCUT2D eigenvalue weighted by Crippen LogP contribution is -2.63. The van der Waals surface area contributed by atoms with E-state index in [1.165, 1.54) is 5.06 Å². The van der Waals surface area contributed by atoms with E-state index in [0.717, 1.165) is 0 Å². The molecule has 2 heterocycles. The molecule has 2 rings (SSSR count). The second kappa shape index (κ2) is 6.53. The molecule has 2 aliphatic rings. The Bertz CT molecular complexity index is 397. The molecule has 23 heavy (non-hydrogen) atoms. The van der Waals surface area contributed by atoms with Gasteiger partial charge < -0.3 is 35.1 Å². The van der Waals surface area contributed by atoms with Crippen LogP contribution in [0.4, 0.5) is 0 Å². The van der Waals surface area contributed by atoms with Gasteiger partial charge in [0.2, 0.25) is 0 Å². The molecule has 8 heteroatoms. The molecule has 0 amide bonds. The van der Waals surface area contributed by atoms with Crippen LogP contribution in [-0.2, 0) is 9.47 Å². The van der Waals surface area contributed by atoms with E-state index in [1.54, 1.807) is 0 Å². The predicted octanol–water partition coefficient (Wildman–Crippen LogP) is -0.786. The Hall–Kier alpha value is -0.320. The Morgan fingerprint density at radius 2 is 1.52 bits per heavy atom. The van der Waals surface area contributed by atoms with Crippen molar-refractivity contribution in [1.29, 1.82) is 0 Å². The topological polar surface area (TPSA) is 123 Å². The molecule has 0 spiro atoms. The smallest absolute Gasteiger partial charge is 0.186 e.